The molecule has 4 nitrogen and oxygen atoms in total. The van der Waals surface area contributed by atoms with Gasteiger partial charge in [0, 0.05) is 0 Å². The summed E-state index contributed by atoms with van der Waals surface area (Å²) in [5.74, 6) is 0.807. The van der Waals surface area contributed by atoms with Crippen LogP contribution in [-0.2, 0) is 4.79 Å². The smallest absolute Gasteiger partial charge is 0.276 e. The molecule has 3 rings (SSSR count). The number of benzene rings is 3. The summed E-state index contributed by atoms with van der Waals surface area (Å²) in [6, 6.07) is 20.2. The summed E-state index contributed by atoms with van der Waals surface area (Å²) in [7, 11) is 0. The van der Waals surface area contributed by atoms with Gasteiger partial charge in [0.25, 0.3) is 5.91 Å². The van der Waals surface area contributed by atoms with E-state index >= 15 is 0 Å². The van der Waals surface area contributed by atoms with Gasteiger partial charge in [-0.15, -0.1) is 0 Å². The van der Waals surface area contributed by atoms with Gasteiger partial charge in [-0.1, -0.05) is 69.0 Å². The highest BCUT2D eigenvalue weighted by molar-refractivity contribution is 5.86. The molecule has 1 amide bonds. The Hall–Kier alpha value is -3.27. The third kappa shape index (κ3) is 4.71. The van der Waals surface area contributed by atoms with E-state index in [0.29, 0.717) is 11.6 Å². The van der Waals surface area contributed by atoms with Gasteiger partial charge < -0.3 is 4.74 Å². The van der Waals surface area contributed by atoms with Crippen molar-refractivity contribution < 1.29 is 9.53 Å². The zero-order valence-electron chi connectivity index (χ0n) is 16.6. The Morgan fingerprint density at radius 3 is 2.50 bits per heavy atom. The number of hydrogen-bond acceptors (Lipinski definition) is 3. The van der Waals surface area contributed by atoms with Gasteiger partial charge in [-0.3, -0.25) is 15.6 Å². The molecule has 0 aliphatic carbocycles. The van der Waals surface area contributed by atoms with E-state index in [1.807, 2.05) is 55.5 Å². The molecule has 28 heavy (non-hydrogen) atoms. The lowest BCUT2D eigenvalue weighted by Gasteiger charge is -2.16. The summed E-state index contributed by atoms with van der Waals surface area (Å²) in [5.41, 5.74) is 9.25. The first-order chi connectivity index (χ1) is 13.4. The van der Waals surface area contributed by atoms with Crippen molar-refractivity contribution in [2.45, 2.75) is 26.7 Å². The van der Waals surface area contributed by atoms with Crippen molar-refractivity contribution >= 4 is 22.4 Å². The Kier molecular flexibility index (Phi) is 5.99. The van der Waals surface area contributed by atoms with Crippen LogP contribution in [0.2, 0.25) is 0 Å². The molecule has 0 aliphatic heterocycles. The van der Waals surface area contributed by atoms with Gasteiger partial charge in [-0.05, 0) is 52.4 Å². The molecule has 3 aromatic rings. The molecule has 0 atom stereocenters. The number of ether oxygens (including phenoxy) is 1. The molecule has 0 bridgehead atoms. The van der Waals surface area contributed by atoms with Crippen molar-refractivity contribution in [3.8, 4) is 5.75 Å². The van der Waals surface area contributed by atoms with Crippen LogP contribution in [0.15, 0.2) is 67.2 Å². The van der Waals surface area contributed by atoms with E-state index in [1.165, 1.54) is 0 Å². The summed E-state index contributed by atoms with van der Waals surface area (Å²) in [4.78, 5) is 12.2. The maximum absolute atomic E-state index is 12.2. The lowest BCUT2D eigenvalue weighted by molar-refractivity contribution is -0.123. The molecule has 4 heteroatoms. The van der Waals surface area contributed by atoms with Crippen LogP contribution in [0.4, 0.5) is 0 Å². The highest BCUT2D eigenvalue weighted by Gasteiger charge is 2.10. The number of carbonyl (C=O) groups is 1. The number of hydrazine groups is 1. The number of fused-ring (bicyclic) bond motifs is 1. The van der Waals surface area contributed by atoms with Crippen molar-refractivity contribution in [2.75, 3.05) is 6.61 Å². The fraction of sp³-hybridized carbons (Fsp3) is 0.208. The van der Waals surface area contributed by atoms with E-state index in [4.69, 9.17) is 4.74 Å². The fourth-order valence-corrected chi connectivity index (χ4v) is 3.02. The molecular formula is C24H26N2O2. The normalized spacial score (nSPS) is 10.7. The van der Waals surface area contributed by atoms with E-state index in [9.17, 15) is 4.79 Å². The lowest BCUT2D eigenvalue weighted by atomic mass is 10.0. The fourth-order valence-electron chi connectivity index (χ4n) is 3.02. The van der Waals surface area contributed by atoms with Crippen LogP contribution in [-0.4, -0.2) is 12.5 Å². The van der Waals surface area contributed by atoms with Crippen LogP contribution in [0.5, 0.6) is 5.75 Å². The number of rotatable bonds is 7. The number of amides is 1. The van der Waals surface area contributed by atoms with Crippen molar-refractivity contribution in [2.24, 2.45) is 0 Å². The SMILES string of the molecule is C=C(NNC(=O)COc1cc(C)ccc1C(C)C)c1ccc2ccccc2c1. The third-order valence-corrected chi connectivity index (χ3v) is 4.60. The molecular weight excluding hydrogens is 348 g/mol. The van der Waals surface area contributed by atoms with Gasteiger partial charge in [0.1, 0.15) is 5.75 Å². The predicted octanol–water partition coefficient (Wildman–Crippen LogP) is 4.94. The van der Waals surface area contributed by atoms with Crippen molar-refractivity contribution in [3.05, 3.63) is 83.9 Å². The number of hydrogen-bond donors (Lipinski definition) is 2. The molecule has 144 valence electrons. The second kappa shape index (κ2) is 8.61. The highest BCUT2D eigenvalue weighted by Crippen LogP contribution is 2.27. The molecule has 3 aromatic carbocycles. The molecule has 0 fully saturated rings. The Balaban J connectivity index is 1.57. The van der Waals surface area contributed by atoms with Gasteiger partial charge in [-0.25, -0.2) is 0 Å². The Morgan fingerprint density at radius 1 is 1.00 bits per heavy atom. The number of aryl methyl sites for hydroxylation is 1. The molecule has 0 aliphatic rings. The van der Waals surface area contributed by atoms with Gasteiger partial charge in [-0.2, -0.15) is 0 Å². The quantitative estimate of drug-likeness (QED) is 0.576. The average Bonchev–Trinajstić information content (AvgIpc) is 2.69. The summed E-state index contributed by atoms with van der Waals surface area (Å²) in [6.07, 6.45) is 0. The number of carbonyl (C=O) groups excluding carboxylic acids is 1. The van der Waals surface area contributed by atoms with E-state index in [0.717, 1.165) is 33.2 Å². The maximum atomic E-state index is 12.2. The van der Waals surface area contributed by atoms with Gasteiger partial charge in [0.05, 0.1) is 5.70 Å². The van der Waals surface area contributed by atoms with E-state index in [2.05, 4.69) is 43.4 Å². The van der Waals surface area contributed by atoms with Gasteiger partial charge in [0.2, 0.25) is 0 Å². The summed E-state index contributed by atoms with van der Waals surface area (Å²) >= 11 is 0. The first-order valence-electron chi connectivity index (χ1n) is 9.40. The van der Waals surface area contributed by atoms with Gasteiger partial charge in [0.15, 0.2) is 6.61 Å². The third-order valence-electron chi connectivity index (χ3n) is 4.60. The number of nitrogens with one attached hydrogen (secondary N) is 2. The zero-order chi connectivity index (χ0) is 20.1. The predicted molar refractivity (Wildman–Crippen MR) is 115 cm³/mol. The standard InChI is InChI=1S/C24H26N2O2/c1-16(2)22-12-9-17(3)13-23(22)28-15-24(27)26-25-18(4)20-11-10-19-7-5-6-8-21(19)14-20/h5-14,16,25H,4,15H2,1-3H3,(H,26,27). The van der Waals surface area contributed by atoms with Crippen LogP contribution in [0.3, 0.4) is 0 Å². The highest BCUT2D eigenvalue weighted by atomic mass is 16.5. The second-order valence-electron chi connectivity index (χ2n) is 7.20. The molecule has 0 saturated heterocycles. The molecule has 2 N–H and O–H groups in total. The van der Waals surface area contributed by atoms with Crippen molar-refractivity contribution in [1.82, 2.24) is 10.9 Å². The Morgan fingerprint density at radius 2 is 1.75 bits per heavy atom. The Labute approximate surface area is 166 Å². The van der Waals surface area contributed by atoms with E-state index in [-0.39, 0.29) is 12.5 Å². The molecule has 0 heterocycles. The largest absolute Gasteiger partial charge is 0.483 e. The van der Waals surface area contributed by atoms with Crippen LogP contribution in [0.25, 0.3) is 16.5 Å². The van der Waals surface area contributed by atoms with Crippen LogP contribution >= 0.6 is 0 Å². The van der Waals surface area contributed by atoms with E-state index < -0.39 is 0 Å². The first-order valence-corrected chi connectivity index (χ1v) is 9.40. The maximum Gasteiger partial charge on any atom is 0.276 e. The Bertz CT molecular complexity index is 1010. The first kappa shape index (κ1) is 19.5. The van der Waals surface area contributed by atoms with Crippen molar-refractivity contribution in [1.29, 1.82) is 0 Å². The molecule has 0 saturated carbocycles. The minimum atomic E-state index is -0.266. The molecule has 0 unspecified atom stereocenters. The lowest BCUT2D eigenvalue weighted by Crippen LogP contribution is -2.39. The van der Waals surface area contributed by atoms with Crippen LogP contribution < -0.4 is 15.6 Å². The second-order valence-corrected chi connectivity index (χ2v) is 7.20. The average molecular weight is 374 g/mol. The summed E-state index contributed by atoms with van der Waals surface area (Å²) < 4.78 is 5.76. The summed E-state index contributed by atoms with van der Waals surface area (Å²) in [6.45, 7) is 10.1. The van der Waals surface area contributed by atoms with Gasteiger partial charge >= 0.3 is 0 Å². The van der Waals surface area contributed by atoms with Crippen LogP contribution in [0, 0.1) is 6.92 Å². The monoisotopic (exact) mass is 374 g/mol. The summed E-state index contributed by atoms with van der Waals surface area (Å²) in [5, 5.41) is 2.29. The van der Waals surface area contributed by atoms with E-state index in [1.54, 1.807) is 0 Å². The minimum absolute atomic E-state index is 0.0683. The zero-order valence-corrected chi connectivity index (χ0v) is 16.6. The molecule has 0 spiro atoms. The topological polar surface area (TPSA) is 50.4 Å². The molecule has 0 radical (unpaired) electrons. The van der Waals surface area contributed by atoms with Crippen molar-refractivity contribution in [3.63, 3.8) is 0 Å². The van der Waals surface area contributed by atoms with Crippen LogP contribution in [0.1, 0.15) is 36.5 Å². The molecule has 0 aromatic heterocycles. The minimum Gasteiger partial charge on any atom is -0.483 e.